The maximum absolute atomic E-state index is 12.4. The summed E-state index contributed by atoms with van der Waals surface area (Å²) in [5, 5.41) is 6.92. The first-order valence-corrected chi connectivity index (χ1v) is 8.42. The molecule has 1 aromatic carbocycles. The fourth-order valence-electron chi connectivity index (χ4n) is 2.52. The van der Waals surface area contributed by atoms with Crippen LogP contribution in [0.1, 0.15) is 28.4 Å². The van der Waals surface area contributed by atoms with Crippen molar-refractivity contribution in [3.05, 3.63) is 76.7 Å². The first kappa shape index (κ1) is 16.0. The minimum atomic E-state index is -0.488. The van der Waals surface area contributed by atoms with Gasteiger partial charge in [0.15, 0.2) is 0 Å². The lowest BCUT2D eigenvalue weighted by molar-refractivity contribution is -0.116. The Bertz CT molecular complexity index is 774. The number of rotatable bonds is 6. The molecule has 0 aliphatic rings. The Hall–Kier alpha value is -2.86. The van der Waals surface area contributed by atoms with Crippen LogP contribution in [0, 0.1) is 0 Å². The number of nitrogens with two attached hydrogens (primary N) is 1. The van der Waals surface area contributed by atoms with Crippen LogP contribution in [0.3, 0.4) is 0 Å². The van der Waals surface area contributed by atoms with Gasteiger partial charge in [-0.2, -0.15) is 11.3 Å². The molecular formula is C18H17N3O2S. The van der Waals surface area contributed by atoms with Crippen molar-refractivity contribution in [3.63, 3.8) is 0 Å². The summed E-state index contributed by atoms with van der Waals surface area (Å²) in [7, 11) is 0. The molecule has 0 spiro atoms. The number of thiophene rings is 1. The van der Waals surface area contributed by atoms with Gasteiger partial charge in [-0.1, -0.05) is 0 Å². The summed E-state index contributed by atoms with van der Waals surface area (Å²) in [6.45, 7) is 0. The Morgan fingerprint density at radius 2 is 1.83 bits per heavy atom. The number of carbonyl (C=O) groups is 2. The summed E-state index contributed by atoms with van der Waals surface area (Å²) in [6, 6.07) is 12.4. The predicted octanol–water partition coefficient (Wildman–Crippen LogP) is 3.27. The van der Waals surface area contributed by atoms with Gasteiger partial charge >= 0.3 is 0 Å². The summed E-state index contributed by atoms with van der Waals surface area (Å²) in [5.41, 5.74) is 7.37. The third-order valence-electron chi connectivity index (χ3n) is 3.75. The van der Waals surface area contributed by atoms with Crippen LogP contribution in [0.4, 0.5) is 5.69 Å². The Morgan fingerprint density at radius 3 is 2.42 bits per heavy atom. The fraction of sp³-hybridized carbons (Fsp3) is 0.111. The van der Waals surface area contributed by atoms with Crippen LogP contribution in [-0.4, -0.2) is 16.4 Å². The minimum absolute atomic E-state index is 0.0452. The quantitative estimate of drug-likeness (QED) is 0.723. The molecule has 0 bridgehead atoms. The average Bonchev–Trinajstić information content (AvgIpc) is 3.27. The van der Waals surface area contributed by atoms with Crippen LogP contribution in [0.5, 0.6) is 0 Å². The summed E-state index contributed by atoms with van der Waals surface area (Å²) in [6.07, 6.45) is 4.23. The smallest absolute Gasteiger partial charge is 0.248 e. The van der Waals surface area contributed by atoms with Crippen LogP contribution >= 0.6 is 11.3 Å². The van der Waals surface area contributed by atoms with Gasteiger partial charge in [0.1, 0.15) is 0 Å². The van der Waals surface area contributed by atoms with E-state index in [1.54, 1.807) is 35.6 Å². The second kappa shape index (κ2) is 7.14. The van der Waals surface area contributed by atoms with Crippen molar-refractivity contribution in [2.45, 2.75) is 12.5 Å². The molecular weight excluding hydrogens is 322 g/mol. The number of aromatic nitrogens is 1. The maximum Gasteiger partial charge on any atom is 0.248 e. The summed E-state index contributed by atoms with van der Waals surface area (Å²) < 4.78 is 2.03. The summed E-state index contributed by atoms with van der Waals surface area (Å²) in [4.78, 5) is 23.5. The van der Waals surface area contributed by atoms with E-state index in [9.17, 15) is 9.59 Å². The van der Waals surface area contributed by atoms with E-state index in [0.717, 1.165) is 5.56 Å². The molecule has 3 rings (SSSR count). The van der Waals surface area contributed by atoms with Crippen LogP contribution in [-0.2, 0) is 4.79 Å². The van der Waals surface area contributed by atoms with Crippen LogP contribution in [0.2, 0.25) is 0 Å². The zero-order chi connectivity index (χ0) is 16.9. The highest BCUT2D eigenvalue weighted by Gasteiger charge is 2.18. The van der Waals surface area contributed by atoms with Crippen LogP contribution in [0.15, 0.2) is 65.6 Å². The number of benzene rings is 1. The molecule has 0 radical (unpaired) electrons. The van der Waals surface area contributed by atoms with E-state index in [1.807, 2.05) is 40.5 Å². The number of anilines is 1. The Kier molecular flexibility index (Phi) is 4.77. The lowest BCUT2D eigenvalue weighted by atomic mass is 10.1. The number of nitrogens with one attached hydrogen (secondary N) is 1. The molecule has 0 aliphatic carbocycles. The van der Waals surface area contributed by atoms with Gasteiger partial charge < -0.3 is 15.6 Å². The van der Waals surface area contributed by atoms with Gasteiger partial charge in [-0.3, -0.25) is 9.59 Å². The lowest BCUT2D eigenvalue weighted by Crippen LogP contribution is -2.19. The van der Waals surface area contributed by atoms with Gasteiger partial charge in [0, 0.05) is 23.6 Å². The second-order valence-corrected chi connectivity index (χ2v) is 6.18. The molecule has 2 amide bonds. The first-order valence-electron chi connectivity index (χ1n) is 7.48. The zero-order valence-electron chi connectivity index (χ0n) is 12.9. The van der Waals surface area contributed by atoms with E-state index in [4.69, 9.17) is 5.73 Å². The number of carbonyl (C=O) groups excluding carboxylic acids is 2. The van der Waals surface area contributed by atoms with Crippen molar-refractivity contribution < 1.29 is 9.59 Å². The van der Waals surface area contributed by atoms with Crippen molar-refractivity contribution in [2.24, 2.45) is 5.73 Å². The molecule has 0 aliphatic heterocycles. The van der Waals surface area contributed by atoms with Crippen molar-refractivity contribution in [2.75, 3.05) is 5.32 Å². The second-order valence-electron chi connectivity index (χ2n) is 5.40. The third kappa shape index (κ3) is 3.72. The average molecular weight is 339 g/mol. The van der Waals surface area contributed by atoms with E-state index in [2.05, 4.69) is 10.7 Å². The SMILES string of the molecule is NC(=O)c1ccc(NC(=O)C[C@@H](c2ccsc2)n2cccc2)cc1. The molecule has 5 nitrogen and oxygen atoms in total. The number of primary amides is 1. The largest absolute Gasteiger partial charge is 0.366 e. The Balaban J connectivity index is 1.71. The molecule has 0 saturated heterocycles. The molecule has 24 heavy (non-hydrogen) atoms. The highest BCUT2D eigenvalue weighted by atomic mass is 32.1. The van der Waals surface area contributed by atoms with E-state index in [-0.39, 0.29) is 11.9 Å². The molecule has 3 aromatic rings. The van der Waals surface area contributed by atoms with Gasteiger partial charge in [0.2, 0.25) is 11.8 Å². The van der Waals surface area contributed by atoms with Crippen molar-refractivity contribution in [1.29, 1.82) is 0 Å². The van der Waals surface area contributed by atoms with E-state index >= 15 is 0 Å². The molecule has 0 saturated carbocycles. The summed E-state index contributed by atoms with van der Waals surface area (Å²) in [5.74, 6) is -0.579. The van der Waals surface area contributed by atoms with Gasteiger partial charge in [-0.05, 0) is 58.8 Å². The molecule has 2 aromatic heterocycles. The molecule has 0 unspecified atom stereocenters. The molecule has 122 valence electrons. The van der Waals surface area contributed by atoms with E-state index in [1.165, 1.54) is 0 Å². The van der Waals surface area contributed by atoms with Crippen LogP contribution in [0.25, 0.3) is 0 Å². The molecule has 2 heterocycles. The normalized spacial score (nSPS) is 11.8. The Labute approximate surface area is 143 Å². The zero-order valence-corrected chi connectivity index (χ0v) is 13.7. The topological polar surface area (TPSA) is 77.1 Å². The monoisotopic (exact) mass is 339 g/mol. The van der Waals surface area contributed by atoms with Gasteiger partial charge in [0.05, 0.1) is 12.5 Å². The third-order valence-corrected chi connectivity index (χ3v) is 4.45. The molecule has 6 heteroatoms. The number of nitrogens with zero attached hydrogens (tertiary/aromatic N) is 1. The molecule has 0 fully saturated rings. The number of hydrogen-bond donors (Lipinski definition) is 2. The maximum atomic E-state index is 12.4. The first-order chi connectivity index (χ1) is 11.6. The van der Waals surface area contributed by atoms with Gasteiger partial charge in [-0.25, -0.2) is 0 Å². The standard InChI is InChI=1S/C18H17N3O2S/c19-18(23)13-3-5-15(6-4-13)20-17(22)11-16(14-7-10-24-12-14)21-8-1-2-9-21/h1-10,12,16H,11H2,(H2,19,23)(H,20,22)/t16-/m0/s1. The predicted molar refractivity (Wildman–Crippen MR) is 95.1 cm³/mol. The highest BCUT2D eigenvalue weighted by Crippen LogP contribution is 2.25. The van der Waals surface area contributed by atoms with Crippen molar-refractivity contribution in [1.82, 2.24) is 4.57 Å². The van der Waals surface area contributed by atoms with Gasteiger partial charge in [0.25, 0.3) is 0 Å². The van der Waals surface area contributed by atoms with Gasteiger partial charge in [-0.15, -0.1) is 0 Å². The van der Waals surface area contributed by atoms with Crippen LogP contribution < -0.4 is 11.1 Å². The number of amides is 2. The number of hydrogen-bond acceptors (Lipinski definition) is 3. The lowest BCUT2D eigenvalue weighted by Gasteiger charge is -2.18. The highest BCUT2D eigenvalue weighted by molar-refractivity contribution is 7.08. The summed E-state index contributed by atoms with van der Waals surface area (Å²) >= 11 is 1.61. The van der Waals surface area contributed by atoms with Crippen molar-refractivity contribution in [3.8, 4) is 0 Å². The fourth-order valence-corrected chi connectivity index (χ4v) is 3.23. The Morgan fingerprint density at radius 1 is 1.12 bits per heavy atom. The minimum Gasteiger partial charge on any atom is -0.366 e. The molecule has 3 N–H and O–H groups in total. The van der Waals surface area contributed by atoms with E-state index < -0.39 is 5.91 Å². The van der Waals surface area contributed by atoms with Crippen molar-refractivity contribution >= 4 is 28.8 Å². The molecule has 1 atom stereocenters. The van der Waals surface area contributed by atoms with E-state index in [0.29, 0.717) is 17.7 Å².